The number of amides is 1. The van der Waals surface area contributed by atoms with Crippen molar-refractivity contribution < 1.29 is 9.53 Å². The number of likely N-dealkylation sites (N-methyl/N-ethyl adjacent to an activating group) is 1. The van der Waals surface area contributed by atoms with Crippen molar-refractivity contribution in [1.82, 2.24) is 4.90 Å². The van der Waals surface area contributed by atoms with Crippen LogP contribution in [0.15, 0.2) is 36.4 Å². The van der Waals surface area contributed by atoms with E-state index in [1.54, 1.807) is 11.9 Å². The molecule has 1 heterocycles. The summed E-state index contributed by atoms with van der Waals surface area (Å²) in [6.45, 7) is 0.982. The third-order valence-electron chi connectivity index (χ3n) is 2.94. The van der Waals surface area contributed by atoms with E-state index in [0.29, 0.717) is 18.8 Å². The van der Waals surface area contributed by atoms with Gasteiger partial charge in [-0.2, -0.15) is 0 Å². The van der Waals surface area contributed by atoms with Crippen LogP contribution in [-0.4, -0.2) is 24.5 Å². The maximum atomic E-state index is 12.0. The lowest BCUT2D eigenvalue weighted by atomic mass is 10.2. The maximum absolute atomic E-state index is 12.0. The number of benzene rings is 1. The van der Waals surface area contributed by atoms with Crippen molar-refractivity contribution >= 4 is 28.8 Å². The van der Waals surface area contributed by atoms with E-state index in [4.69, 9.17) is 22.1 Å². The third-order valence-corrected chi connectivity index (χ3v) is 4.16. The van der Waals surface area contributed by atoms with Gasteiger partial charge in [0.25, 0.3) is 5.91 Å². The van der Waals surface area contributed by atoms with Crippen molar-refractivity contribution in [3.8, 4) is 5.75 Å². The Labute approximate surface area is 133 Å². The molecule has 0 fully saturated rings. The second-order valence-electron chi connectivity index (χ2n) is 4.60. The highest BCUT2D eigenvalue weighted by atomic mass is 35.5. The van der Waals surface area contributed by atoms with Gasteiger partial charge in [-0.15, -0.1) is 11.3 Å². The normalized spacial score (nSPS) is 10.4. The first kappa shape index (κ1) is 15.8. The lowest BCUT2D eigenvalue weighted by Crippen LogP contribution is -2.30. The van der Waals surface area contributed by atoms with Crippen LogP contribution in [0, 0.1) is 0 Å². The number of rotatable bonds is 6. The van der Waals surface area contributed by atoms with Crippen molar-refractivity contribution in [3.05, 3.63) is 51.2 Å². The molecule has 0 saturated heterocycles. The van der Waals surface area contributed by atoms with Gasteiger partial charge in [-0.3, -0.25) is 4.79 Å². The highest BCUT2D eigenvalue weighted by molar-refractivity contribution is 7.16. The van der Waals surface area contributed by atoms with Gasteiger partial charge >= 0.3 is 0 Å². The second kappa shape index (κ2) is 7.45. The molecule has 2 rings (SSSR count). The minimum absolute atomic E-state index is 0.00360. The van der Waals surface area contributed by atoms with Crippen molar-refractivity contribution in [2.45, 2.75) is 13.1 Å². The van der Waals surface area contributed by atoms with Gasteiger partial charge < -0.3 is 15.4 Å². The molecule has 1 aromatic heterocycles. The Morgan fingerprint density at radius 1 is 1.38 bits per heavy atom. The van der Waals surface area contributed by atoms with Crippen LogP contribution in [0.4, 0.5) is 0 Å². The zero-order chi connectivity index (χ0) is 15.2. The molecular weight excluding hydrogens is 308 g/mol. The van der Waals surface area contributed by atoms with E-state index in [2.05, 4.69) is 0 Å². The molecule has 0 aliphatic carbocycles. The largest absolute Gasteiger partial charge is 0.484 e. The topological polar surface area (TPSA) is 55.6 Å². The monoisotopic (exact) mass is 324 g/mol. The van der Waals surface area contributed by atoms with Gasteiger partial charge in [-0.1, -0.05) is 23.7 Å². The van der Waals surface area contributed by atoms with Crippen molar-refractivity contribution in [3.63, 3.8) is 0 Å². The molecule has 6 heteroatoms. The molecule has 0 aliphatic heterocycles. The Morgan fingerprint density at radius 3 is 2.86 bits per heavy atom. The summed E-state index contributed by atoms with van der Waals surface area (Å²) in [4.78, 5) is 14.7. The summed E-state index contributed by atoms with van der Waals surface area (Å²) < 4.78 is 6.23. The van der Waals surface area contributed by atoms with Crippen LogP contribution in [0.2, 0.25) is 4.34 Å². The van der Waals surface area contributed by atoms with E-state index in [0.717, 1.165) is 14.8 Å². The van der Waals surface area contributed by atoms with E-state index in [1.165, 1.54) is 11.3 Å². The predicted octanol–water partition coefficient (Wildman–Crippen LogP) is 2.90. The molecule has 0 bridgehead atoms. The summed E-state index contributed by atoms with van der Waals surface area (Å²) in [6.07, 6.45) is 0. The molecule has 0 radical (unpaired) electrons. The number of carbonyl (C=O) groups excluding carboxylic acids is 1. The predicted molar refractivity (Wildman–Crippen MR) is 85.6 cm³/mol. The van der Waals surface area contributed by atoms with Gasteiger partial charge in [-0.25, -0.2) is 0 Å². The summed E-state index contributed by atoms with van der Waals surface area (Å²) in [5.74, 6) is 0.566. The molecular formula is C15H17ClN2O2S. The number of carbonyl (C=O) groups is 1. The van der Waals surface area contributed by atoms with Gasteiger partial charge in [-0.05, 0) is 29.8 Å². The lowest BCUT2D eigenvalue weighted by molar-refractivity contribution is -0.132. The molecule has 2 N–H and O–H groups in total. The van der Waals surface area contributed by atoms with Crippen molar-refractivity contribution in [1.29, 1.82) is 0 Å². The number of halogens is 1. The SMILES string of the molecule is CN(Cc1ccc(Cl)s1)C(=O)COc1cccc(CN)c1. The van der Waals surface area contributed by atoms with Crippen LogP contribution in [0.3, 0.4) is 0 Å². The standard InChI is InChI=1S/C15H17ClN2O2S/c1-18(9-13-5-6-14(16)21-13)15(19)10-20-12-4-2-3-11(7-12)8-17/h2-7H,8-10,17H2,1H3. The van der Waals surface area contributed by atoms with Crippen LogP contribution < -0.4 is 10.5 Å². The van der Waals surface area contributed by atoms with Crippen LogP contribution in [0.1, 0.15) is 10.4 Å². The van der Waals surface area contributed by atoms with E-state index < -0.39 is 0 Å². The first-order valence-corrected chi connectivity index (χ1v) is 7.68. The van der Waals surface area contributed by atoms with Gasteiger partial charge in [0.1, 0.15) is 5.75 Å². The number of hydrogen-bond acceptors (Lipinski definition) is 4. The highest BCUT2D eigenvalue weighted by Gasteiger charge is 2.11. The first-order valence-electron chi connectivity index (χ1n) is 6.48. The molecule has 0 spiro atoms. The summed E-state index contributed by atoms with van der Waals surface area (Å²) in [7, 11) is 1.75. The molecule has 0 unspecified atom stereocenters. The van der Waals surface area contributed by atoms with E-state index in [9.17, 15) is 4.79 Å². The Balaban J connectivity index is 1.85. The molecule has 2 aromatic rings. The molecule has 0 saturated carbocycles. The highest BCUT2D eigenvalue weighted by Crippen LogP contribution is 2.22. The fraction of sp³-hybridized carbons (Fsp3) is 0.267. The number of ether oxygens (including phenoxy) is 1. The molecule has 0 aliphatic rings. The quantitative estimate of drug-likeness (QED) is 0.889. The summed E-state index contributed by atoms with van der Waals surface area (Å²) in [6, 6.07) is 11.2. The average molecular weight is 325 g/mol. The Bertz CT molecular complexity index is 615. The van der Waals surface area contributed by atoms with E-state index in [-0.39, 0.29) is 12.5 Å². The molecule has 1 aromatic carbocycles. The Kier molecular flexibility index (Phi) is 5.61. The van der Waals surface area contributed by atoms with Gasteiger partial charge in [0, 0.05) is 18.5 Å². The minimum atomic E-state index is -0.0855. The first-order chi connectivity index (χ1) is 10.1. The molecule has 0 atom stereocenters. The zero-order valence-electron chi connectivity index (χ0n) is 11.7. The van der Waals surface area contributed by atoms with Crippen LogP contribution in [0.5, 0.6) is 5.75 Å². The summed E-state index contributed by atoms with van der Waals surface area (Å²) in [5.41, 5.74) is 6.54. The van der Waals surface area contributed by atoms with E-state index in [1.807, 2.05) is 36.4 Å². The van der Waals surface area contributed by atoms with Crippen LogP contribution >= 0.6 is 22.9 Å². The number of thiophene rings is 1. The average Bonchev–Trinajstić information content (AvgIpc) is 2.90. The number of nitrogens with two attached hydrogens (primary N) is 1. The maximum Gasteiger partial charge on any atom is 0.260 e. The fourth-order valence-electron chi connectivity index (χ4n) is 1.78. The van der Waals surface area contributed by atoms with Crippen LogP contribution in [0.25, 0.3) is 0 Å². The molecule has 1 amide bonds. The Morgan fingerprint density at radius 2 is 2.19 bits per heavy atom. The van der Waals surface area contributed by atoms with Gasteiger partial charge in [0.2, 0.25) is 0 Å². The molecule has 21 heavy (non-hydrogen) atoms. The summed E-state index contributed by atoms with van der Waals surface area (Å²) in [5, 5.41) is 0. The Hall–Kier alpha value is -1.56. The third kappa shape index (κ3) is 4.74. The van der Waals surface area contributed by atoms with Crippen LogP contribution in [-0.2, 0) is 17.9 Å². The van der Waals surface area contributed by atoms with E-state index >= 15 is 0 Å². The second-order valence-corrected chi connectivity index (χ2v) is 6.40. The lowest BCUT2D eigenvalue weighted by Gasteiger charge is -2.16. The smallest absolute Gasteiger partial charge is 0.260 e. The fourth-order valence-corrected chi connectivity index (χ4v) is 2.92. The van der Waals surface area contributed by atoms with Gasteiger partial charge in [0.15, 0.2) is 6.61 Å². The van der Waals surface area contributed by atoms with Gasteiger partial charge in [0.05, 0.1) is 10.9 Å². The zero-order valence-corrected chi connectivity index (χ0v) is 13.3. The molecule has 112 valence electrons. The number of hydrogen-bond donors (Lipinski definition) is 1. The molecule has 4 nitrogen and oxygen atoms in total. The number of nitrogens with zero attached hydrogens (tertiary/aromatic N) is 1. The summed E-state index contributed by atoms with van der Waals surface area (Å²) >= 11 is 7.34. The van der Waals surface area contributed by atoms with Crippen molar-refractivity contribution in [2.75, 3.05) is 13.7 Å². The van der Waals surface area contributed by atoms with Crippen molar-refractivity contribution in [2.24, 2.45) is 5.73 Å². The minimum Gasteiger partial charge on any atom is -0.484 e.